The van der Waals surface area contributed by atoms with E-state index < -0.39 is 11.8 Å². The molecule has 0 saturated heterocycles. The number of ether oxygens (including phenoxy) is 3. The molecule has 2 heterocycles. The Hall–Kier alpha value is -3.97. The molecule has 0 aliphatic carbocycles. The van der Waals surface area contributed by atoms with Gasteiger partial charge in [0.25, 0.3) is 11.8 Å². The molecular formula is C25H19ClN2O5. The molecule has 166 valence electrons. The normalized spacial score (nSPS) is 15.2. The third-order valence-corrected chi connectivity index (χ3v) is 5.61. The Labute approximate surface area is 195 Å². The Morgan fingerprint density at radius 2 is 1.58 bits per heavy atom. The topological polar surface area (TPSA) is 77.1 Å². The van der Waals surface area contributed by atoms with Crippen molar-refractivity contribution in [3.8, 4) is 17.2 Å². The molecule has 8 heteroatoms. The van der Waals surface area contributed by atoms with Gasteiger partial charge in [-0.15, -0.1) is 0 Å². The average molecular weight is 463 g/mol. The minimum absolute atomic E-state index is 0.162. The lowest BCUT2D eigenvalue weighted by atomic mass is 10.0. The number of halogens is 1. The summed E-state index contributed by atoms with van der Waals surface area (Å²) in [5.41, 5.74) is 2.03. The van der Waals surface area contributed by atoms with Crippen LogP contribution in [0.3, 0.4) is 0 Å². The molecule has 0 bridgehead atoms. The second kappa shape index (κ2) is 8.52. The fourth-order valence-electron chi connectivity index (χ4n) is 3.76. The number of hydrogen-bond acceptors (Lipinski definition) is 6. The van der Waals surface area contributed by atoms with Crippen LogP contribution < -0.4 is 24.4 Å². The van der Waals surface area contributed by atoms with Gasteiger partial charge in [-0.05, 0) is 54.1 Å². The number of amides is 2. The van der Waals surface area contributed by atoms with Crippen LogP contribution >= 0.6 is 11.6 Å². The van der Waals surface area contributed by atoms with Gasteiger partial charge in [-0.3, -0.25) is 9.59 Å². The summed E-state index contributed by atoms with van der Waals surface area (Å²) in [5.74, 6) is 0.923. The Bertz CT molecular complexity index is 1270. The van der Waals surface area contributed by atoms with Crippen LogP contribution in [-0.4, -0.2) is 32.1 Å². The Balaban J connectivity index is 1.56. The van der Waals surface area contributed by atoms with Crippen molar-refractivity contribution >= 4 is 40.4 Å². The Morgan fingerprint density at radius 3 is 2.27 bits per heavy atom. The van der Waals surface area contributed by atoms with E-state index in [4.69, 9.17) is 25.8 Å². The molecule has 33 heavy (non-hydrogen) atoms. The van der Waals surface area contributed by atoms with Gasteiger partial charge in [-0.2, -0.15) is 0 Å². The molecule has 3 aromatic carbocycles. The second-order valence-corrected chi connectivity index (χ2v) is 7.82. The molecular weight excluding hydrogens is 444 g/mol. The summed E-state index contributed by atoms with van der Waals surface area (Å²) in [7, 11) is 1.55. The molecule has 0 fully saturated rings. The van der Waals surface area contributed by atoms with E-state index in [-0.39, 0.29) is 11.3 Å². The molecule has 5 rings (SSSR count). The molecule has 0 spiro atoms. The zero-order chi connectivity index (χ0) is 22.9. The molecule has 0 atom stereocenters. The number of hydrogen-bond donors (Lipinski definition) is 1. The van der Waals surface area contributed by atoms with Crippen molar-refractivity contribution in [3.63, 3.8) is 0 Å². The van der Waals surface area contributed by atoms with Crippen molar-refractivity contribution in [2.45, 2.75) is 0 Å². The first kappa shape index (κ1) is 20.9. The second-order valence-electron chi connectivity index (χ2n) is 7.38. The lowest BCUT2D eigenvalue weighted by molar-refractivity contribution is -0.120. The first-order chi connectivity index (χ1) is 16.0. The third kappa shape index (κ3) is 3.87. The largest absolute Gasteiger partial charge is 0.497 e. The van der Waals surface area contributed by atoms with Crippen molar-refractivity contribution in [2.24, 2.45) is 0 Å². The lowest BCUT2D eigenvalue weighted by Crippen LogP contribution is -2.32. The smallest absolute Gasteiger partial charge is 0.282 e. The van der Waals surface area contributed by atoms with Gasteiger partial charge < -0.3 is 19.5 Å². The van der Waals surface area contributed by atoms with E-state index in [1.54, 1.807) is 73.8 Å². The molecule has 0 aromatic heterocycles. The number of nitrogens with zero attached hydrogens (tertiary/aromatic N) is 1. The third-order valence-electron chi connectivity index (χ3n) is 5.36. The van der Waals surface area contributed by atoms with E-state index in [9.17, 15) is 9.59 Å². The predicted octanol–water partition coefficient (Wildman–Crippen LogP) is 4.52. The number of benzene rings is 3. The number of carbonyl (C=O) groups is 2. The number of carbonyl (C=O) groups excluding carboxylic acids is 2. The molecule has 2 aliphatic rings. The number of nitrogens with one attached hydrogen (secondary N) is 1. The maximum atomic E-state index is 13.5. The van der Waals surface area contributed by atoms with Gasteiger partial charge in [-0.1, -0.05) is 23.7 Å². The van der Waals surface area contributed by atoms with E-state index in [2.05, 4.69) is 5.32 Å². The zero-order valence-electron chi connectivity index (χ0n) is 17.6. The van der Waals surface area contributed by atoms with Crippen LogP contribution in [0.1, 0.15) is 5.56 Å². The van der Waals surface area contributed by atoms with Crippen LogP contribution in [0, 0.1) is 0 Å². The van der Waals surface area contributed by atoms with Crippen LogP contribution in [0.4, 0.5) is 11.4 Å². The monoisotopic (exact) mass is 462 g/mol. The fraction of sp³-hybridized carbons (Fsp3) is 0.120. The summed E-state index contributed by atoms with van der Waals surface area (Å²) in [5, 5.41) is 3.66. The van der Waals surface area contributed by atoms with E-state index in [1.807, 2.05) is 0 Å². The van der Waals surface area contributed by atoms with E-state index >= 15 is 0 Å². The zero-order valence-corrected chi connectivity index (χ0v) is 18.4. The van der Waals surface area contributed by atoms with Crippen molar-refractivity contribution in [1.29, 1.82) is 0 Å². The molecule has 2 amide bonds. The van der Waals surface area contributed by atoms with Crippen LogP contribution in [0.25, 0.3) is 5.57 Å². The Kier molecular flexibility index (Phi) is 5.40. The van der Waals surface area contributed by atoms with Gasteiger partial charge >= 0.3 is 0 Å². The quantitative estimate of drug-likeness (QED) is 0.562. The van der Waals surface area contributed by atoms with Gasteiger partial charge in [-0.25, -0.2) is 4.90 Å². The van der Waals surface area contributed by atoms with Crippen molar-refractivity contribution in [2.75, 3.05) is 30.5 Å². The number of imide groups is 1. The van der Waals surface area contributed by atoms with E-state index in [0.29, 0.717) is 52.4 Å². The summed E-state index contributed by atoms with van der Waals surface area (Å²) < 4.78 is 16.4. The molecule has 0 saturated carbocycles. The van der Waals surface area contributed by atoms with Gasteiger partial charge in [0.1, 0.15) is 24.7 Å². The van der Waals surface area contributed by atoms with Crippen molar-refractivity contribution < 1.29 is 23.8 Å². The standard InChI is InChI=1S/C25H19ClN2O5/c1-31-19-9-7-18(8-10-19)28-24(29)22(15-2-4-16(26)5-3-15)23(25(28)30)27-17-6-11-20-21(14-17)33-13-12-32-20/h2-11,14,27H,12-13H2,1H3. The predicted molar refractivity (Wildman–Crippen MR) is 125 cm³/mol. The van der Waals surface area contributed by atoms with Crippen LogP contribution in [0.15, 0.2) is 72.4 Å². The summed E-state index contributed by atoms with van der Waals surface area (Å²) in [4.78, 5) is 28.1. The molecule has 0 radical (unpaired) electrons. The lowest BCUT2D eigenvalue weighted by Gasteiger charge is -2.19. The highest BCUT2D eigenvalue weighted by atomic mass is 35.5. The molecule has 1 N–H and O–H groups in total. The molecule has 2 aliphatic heterocycles. The number of methoxy groups -OCH3 is 1. The minimum Gasteiger partial charge on any atom is -0.497 e. The maximum Gasteiger partial charge on any atom is 0.282 e. The first-order valence-corrected chi connectivity index (χ1v) is 10.6. The van der Waals surface area contributed by atoms with Crippen LogP contribution in [0.5, 0.6) is 17.2 Å². The summed E-state index contributed by atoms with van der Waals surface area (Å²) in [6.07, 6.45) is 0. The highest BCUT2D eigenvalue weighted by Crippen LogP contribution is 2.37. The molecule has 7 nitrogen and oxygen atoms in total. The Morgan fingerprint density at radius 1 is 0.879 bits per heavy atom. The van der Waals surface area contributed by atoms with Gasteiger partial charge in [0.05, 0.1) is 18.4 Å². The average Bonchev–Trinajstić information content (AvgIpc) is 3.09. The van der Waals surface area contributed by atoms with Crippen molar-refractivity contribution in [3.05, 3.63) is 83.0 Å². The summed E-state index contributed by atoms with van der Waals surface area (Å²) in [6.45, 7) is 0.924. The van der Waals surface area contributed by atoms with E-state index in [0.717, 1.165) is 4.90 Å². The minimum atomic E-state index is -0.468. The fourth-order valence-corrected chi connectivity index (χ4v) is 3.89. The highest BCUT2D eigenvalue weighted by molar-refractivity contribution is 6.46. The maximum absolute atomic E-state index is 13.5. The summed E-state index contributed by atoms with van der Waals surface area (Å²) in [6, 6.07) is 18.8. The van der Waals surface area contributed by atoms with Crippen LogP contribution in [-0.2, 0) is 9.59 Å². The van der Waals surface area contributed by atoms with Crippen LogP contribution in [0.2, 0.25) is 5.02 Å². The first-order valence-electron chi connectivity index (χ1n) is 10.2. The number of anilines is 2. The highest BCUT2D eigenvalue weighted by Gasteiger charge is 2.40. The molecule has 0 unspecified atom stereocenters. The molecule has 3 aromatic rings. The van der Waals surface area contributed by atoms with E-state index in [1.165, 1.54) is 0 Å². The SMILES string of the molecule is COc1ccc(N2C(=O)C(Nc3ccc4c(c3)OCCO4)=C(c3ccc(Cl)cc3)C2=O)cc1. The van der Waals surface area contributed by atoms with Gasteiger partial charge in [0.15, 0.2) is 11.5 Å². The van der Waals surface area contributed by atoms with Gasteiger partial charge in [0, 0.05) is 16.8 Å². The number of rotatable bonds is 5. The van der Waals surface area contributed by atoms with Gasteiger partial charge in [0.2, 0.25) is 0 Å². The summed E-state index contributed by atoms with van der Waals surface area (Å²) >= 11 is 6.04. The van der Waals surface area contributed by atoms with Crippen molar-refractivity contribution in [1.82, 2.24) is 0 Å². The number of fused-ring (bicyclic) bond motifs is 1.